The summed E-state index contributed by atoms with van der Waals surface area (Å²) in [5, 5.41) is 10.8. The fraction of sp³-hybridized carbons (Fsp3) is 0.0769. The topological polar surface area (TPSA) is 18.5 Å². The molecule has 6 rings (SSSR count). The van der Waals surface area contributed by atoms with E-state index in [-0.39, 0.29) is 0 Å². The molecule has 5 heteroatoms. The lowest BCUT2D eigenvalue weighted by Crippen LogP contribution is -2.52. The number of methoxy groups -OCH3 is 2. The quantitative estimate of drug-likeness (QED) is 0.149. The Labute approximate surface area is 265 Å². The van der Waals surface area contributed by atoms with Crippen LogP contribution in [0.3, 0.4) is 0 Å². The summed E-state index contributed by atoms with van der Waals surface area (Å²) in [6.45, 7) is 2.46. The van der Waals surface area contributed by atoms with E-state index in [1.165, 1.54) is 42.2 Å². The van der Waals surface area contributed by atoms with Crippen LogP contribution >= 0.6 is 15.8 Å². The first-order valence-corrected chi connectivity index (χ1v) is 19.4. The van der Waals surface area contributed by atoms with Gasteiger partial charge < -0.3 is 9.47 Å². The van der Waals surface area contributed by atoms with Crippen LogP contribution in [0.25, 0.3) is 0 Å². The monoisotopic (exact) mass is 625 g/mol. The second-order valence-electron chi connectivity index (χ2n) is 10.3. The van der Waals surface area contributed by atoms with Crippen molar-refractivity contribution in [2.75, 3.05) is 14.2 Å². The van der Waals surface area contributed by atoms with Gasteiger partial charge in [-0.25, -0.2) is 0 Å². The van der Waals surface area contributed by atoms with Gasteiger partial charge in [0.05, 0.1) is 14.2 Å². The summed E-state index contributed by atoms with van der Waals surface area (Å²) in [4.78, 5) is 0. The molecule has 44 heavy (non-hydrogen) atoms. The van der Waals surface area contributed by atoms with Gasteiger partial charge in [0.1, 0.15) is 20.3 Å². The largest absolute Gasteiger partial charge is 0.496 e. The molecule has 0 aliphatic carbocycles. The van der Waals surface area contributed by atoms with Crippen molar-refractivity contribution in [1.29, 1.82) is 0 Å². The second kappa shape index (κ2) is 14.2. The molecule has 1 radical (unpaired) electrons. The van der Waals surface area contributed by atoms with Crippen LogP contribution in [-0.2, 0) is 0 Å². The lowest BCUT2D eigenvalue weighted by Gasteiger charge is -2.28. The molecule has 0 fully saturated rings. The van der Waals surface area contributed by atoms with E-state index in [2.05, 4.69) is 164 Å². The van der Waals surface area contributed by atoms with Crippen LogP contribution in [0.2, 0.25) is 6.55 Å². The van der Waals surface area contributed by atoms with Gasteiger partial charge >= 0.3 is 0 Å². The molecule has 2 atom stereocenters. The lowest BCUT2D eigenvalue weighted by atomic mass is 10.3. The fourth-order valence-electron chi connectivity index (χ4n) is 5.72. The summed E-state index contributed by atoms with van der Waals surface area (Å²) >= 11 is 0. The average molecular weight is 626 g/mol. The van der Waals surface area contributed by atoms with Crippen LogP contribution in [0, 0.1) is 0 Å². The highest BCUT2D eigenvalue weighted by molar-refractivity contribution is 7.81. The van der Waals surface area contributed by atoms with E-state index in [4.69, 9.17) is 9.47 Å². The third-order valence-electron chi connectivity index (χ3n) is 7.78. The molecule has 217 valence electrons. The summed E-state index contributed by atoms with van der Waals surface area (Å²) in [6, 6.07) is 57.1. The van der Waals surface area contributed by atoms with E-state index >= 15 is 0 Å². The van der Waals surface area contributed by atoms with Gasteiger partial charge in [0.25, 0.3) is 0 Å². The summed E-state index contributed by atoms with van der Waals surface area (Å²) in [6.07, 6.45) is 0. The Bertz CT molecular complexity index is 1690. The van der Waals surface area contributed by atoms with Crippen molar-refractivity contribution in [3.05, 3.63) is 158 Å². The summed E-state index contributed by atoms with van der Waals surface area (Å²) in [5.74, 6) is 1.87. The van der Waals surface area contributed by atoms with Crippen molar-refractivity contribution in [3.8, 4) is 11.5 Å². The minimum absolute atomic E-state index is 0.851. The first-order valence-electron chi connectivity index (χ1n) is 14.7. The van der Waals surface area contributed by atoms with Crippen LogP contribution in [-0.4, -0.2) is 23.0 Å². The van der Waals surface area contributed by atoms with Crippen LogP contribution in [0.15, 0.2) is 158 Å². The van der Waals surface area contributed by atoms with Crippen LogP contribution in [0.1, 0.15) is 0 Å². The zero-order valence-electron chi connectivity index (χ0n) is 25.2. The Morgan fingerprint density at radius 1 is 0.386 bits per heavy atom. The number of rotatable bonds is 10. The SMILES string of the molecule is COc1ccccc1P(c1ccccc1)c1ccccc1[Si](C)c1ccccc1P(c1ccccc1)c1ccccc1OC. The first kappa shape index (κ1) is 30.0. The van der Waals surface area contributed by atoms with E-state index in [0.29, 0.717) is 0 Å². The molecule has 6 aromatic carbocycles. The highest BCUT2D eigenvalue weighted by atomic mass is 31.1. The summed E-state index contributed by atoms with van der Waals surface area (Å²) in [7, 11) is 0.641. The number of ether oxygens (including phenoxy) is 2. The van der Waals surface area contributed by atoms with E-state index in [0.717, 1.165) is 11.5 Å². The molecule has 0 saturated carbocycles. The molecule has 0 aliphatic heterocycles. The summed E-state index contributed by atoms with van der Waals surface area (Å²) in [5.41, 5.74) is 0. The van der Waals surface area contributed by atoms with Crippen molar-refractivity contribution in [1.82, 2.24) is 0 Å². The highest BCUT2D eigenvalue weighted by Gasteiger charge is 2.29. The molecule has 6 aromatic rings. The van der Waals surface area contributed by atoms with Crippen molar-refractivity contribution >= 4 is 66.8 Å². The number of para-hydroxylation sites is 2. The van der Waals surface area contributed by atoms with Gasteiger partial charge in [-0.3, -0.25) is 0 Å². The van der Waals surface area contributed by atoms with Gasteiger partial charge in [-0.2, -0.15) is 0 Å². The molecule has 0 saturated heterocycles. The van der Waals surface area contributed by atoms with Gasteiger partial charge in [0.15, 0.2) is 0 Å². The molecule has 0 aliphatic rings. The maximum Gasteiger partial charge on any atom is 0.127 e. The highest BCUT2D eigenvalue weighted by Crippen LogP contribution is 2.37. The van der Waals surface area contributed by atoms with E-state index < -0.39 is 24.6 Å². The molecule has 0 bridgehead atoms. The number of hydrogen-bond acceptors (Lipinski definition) is 2. The van der Waals surface area contributed by atoms with Crippen molar-refractivity contribution in [2.24, 2.45) is 0 Å². The Morgan fingerprint density at radius 3 is 1.09 bits per heavy atom. The Balaban J connectivity index is 1.54. The van der Waals surface area contributed by atoms with Gasteiger partial charge in [-0.1, -0.05) is 152 Å². The molecule has 0 spiro atoms. The minimum atomic E-state index is -1.21. The zero-order valence-corrected chi connectivity index (χ0v) is 28.0. The molecule has 2 unspecified atom stereocenters. The Kier molecular flexibility index (Phi) is 9.69. The maximum absolute atomic E-state index is 5.94. The normalized spacial score (nSPS) is 12.5. The maximum atomic E-state index is 5.94. The smallest absolute Gasteiger partial charge is 0.127 e. The number of benzene rings is 6. The summed E-state index contributed by atoms with van der Waals surface area (Å²) < 4.78 is 11.9. The van der Waals surface area contributed by atoms with Crippen LogP contribution in [0.4, 0.5) is 0 Å². The molecule has 0 amide bonds. The second-order valence-corrected chi connectivity index (χ2v) is 17.0. The van der Waals surface area contributed by atoms with Gasteiger partial charge in [-0.05, 0) is 59.6 Å². The first-order chi connectivity index (χ1) is 21.7. The predicted molar refractivity (Wildman–Crippen MR) is 194 cm³/mol. The van der Waals surface area contributed by atoms with Crippen LogP contribution in [0.5, 0.6) is 11.5 Å². The molecular weight excluding hydrogens is 590 g/mol. The lowest BCUT2D eigenvalue weighted by molar-refractivity contribution is 0.418. The molecule has 0 heterocycles. The molecule has 0 N–H and O–H groups in total. The van der Waals surface area contributed by atoms with Crippen molar-refractivity contribution in [2.45, 2.75) is 6.55 Å². The standard InChI is InChI=1S/C39H35O2P2Si/c1-40-32-22-10-12-24-34(32)42(30-18-6-4-7-19-30)36-26-14-16-28-38(36)44(3)39-29-17-15-27-37(39)43(31-20-8-5-9-21-31)35-25-13-11-23-33(35)41-2/h4-29H,1-3H3. The van der Waals surface area contributed by atoms with Gasteiger partial charge in [0.2, 0.25) is 0 Å². The molecule has 2 nitrogen and oxygen atoms in total. The van der Waals surface area contributed by atoms with Crippen molar-refractivity contribution < 1.29 is 9.47 Å². The van der Waals surface area contributed by atoms with E-state index in [9.17, 15) is 0 Å². The number of hydrogen-bond donors (Lipinski definition) is 0. The third kappa shape index (κ3) is 6.15. The predicted octanol–water partition coefficient (Wildman–Crippen LogP) is 5.46. The fourth-order valence-corrected chi connectivity index (χ4v) is 14.2. The molecule has 0 aromatic heterocycles. The zero-order chi connectivity index (χ0) is 30.3. The van der Waals surface area contributed by atoms with Gasteiger partial charge in [0, 0.05) is 10.6 Å². The molecular formula is C39H35O2P2Si. The average Bonchev–Trinajstić information content (AvgIpc) is 3.10. The van der Waals surface area contributed by atoms with E-state index in [1.54, 1.807) is 14.2 Å². The third-order valence-corrected chi connectivity index (χ3v) is 15.8. The Morgan fingerprint density at radius 2 is 0.705 bits per heavy atom. The van der Waals surface area contributed by atoms with E-state index in [1.807, 2.05) is 0 Å². The van der Waals surface area contributed by atoms with Gasteiger partial charge in [-0.15, -0.1) is 0 Å². The minimum Gasteiger partial charge on any atom is -0.496 e. The van der Waals surface area contributed by atoms with Crippen molar-refractivity contribution in [3.63, 3.8) is 0 Å². The van der Waals surface area contributed by atoms with Crippen LogP contribution < -0.4 is 51.7 Å². The Hall–Kier alpha value is -4.00.